The third-order valence-electron chi connectivity index (χ3n) is 3.64. The quantitative estimate of drug-likeness (QED) is 0.863. The van der Waals surface area contributed by atoms with Gasteiger partial charge in [-0.2, -0.15) is 0 Å². The summed E-state index contributed by atoms with van der Waals surface area (Å²) < 4.78 is 2.02. The standard InChI is InChI=1S/C16H19N3OS/c1-12-3-4-13-10-15(21-14(13)9-12)16(20)18-5-2-7-19-8-6-17-11-19/h3-4,6,8-9,11,15H,2,5,7,10H2,1H3,(H,18,20)/t15-/m1/s1. The smallest absolute Gasteiger partial charge is 0.233 e. The maximum Gasteiger partial charge on any atom is 0.233 e. The minimum atomic E-state index is 0.0232. The van der Waals surface area contributed by atoms with Crippen LogP contribution in [-0.4, -0.2) is 27.3 Å². The summed E-state index contributed by atoms with van der Waals surface area (Å²) in [6.45, 7) is 3.69. The van der Waals surface area contributed by atoms with E-state index in [9.17, 15) is 4.79 Å². The predicted molar refractivity (Wildman–Crippen MR) is 84.4 cm³/mol. The van der Waals surface area contributed by atoms with Crippen LogP contribution in [0.1, 0.15) is 17.5 Å². The van der Waals surface area contributed by atoms with Gasteiger partial charge in [0.15, 0.2) is 0 Å². The number of benzene rings is 1. The van der Waals surface area contributed by atoms with Crippen LogP contribution in [0.4, 0.5) is 0 Å². The lowest BCUT2D eigenvalue weighted by atomic mass is 10.1. The van der Waals surface area contributed by atoms with E-state index in [1.807, 2.05) is 10.8 Å². The first-order chi connectivity index (χ1) is 10.2. The minimum Gasteiger partial charge on any atom is -0.355 e. The Morgan fingerprint density at radius 1 is 1.52 bits per heavy atom. The zero-order valence-electron chi connectivity index (χ0n) is 12.1. The lowest BCUT2D eigenvalue weighted by molar-refractivity contribution is -0.120. The molecule has 5 heteroatoms. The summed E-state index contributed by atoms with van der Waals surface area (Å²) in [6.07, 6.45) is 7.27. The van der Waals surface area contributed by atoms with Gasteiger partial charge >= 0.3 is 0 Å². The highest BCUT2D eigenvalue weighted by Gasteiger charge is 2.27. The Bertz CT molecular complexity index is 624. The highest BCUT2D eigenvalue weighted by molar-refractivity contribution is 8.01. The van der Waals surface area contributed by atoms with Gasteiger partial charge in [0.05, 0.1) is 11.6 Å². The molecule has 0 saturated carbocycles. The number of thioether (sulfide) groups is 1. The fraction of sp³-hybridized carbons (Fsp3) is 0.375. The molecule has 1 aromatic heterocycles. The summed E-state index contributed by atoms with van der Waals surface area (Å²) in [7, 11) is 0. The van der Waals surface area contributed by atoms with Crippen molar-refractivity contribution in [1.29, 1.82) is 0 Å². The summed E-state index contributed by atoms with van der Waals surface area (Å²) in [5.41, 5.74) is 2.55. The number of hydrogen-bond donors (Lipinski definition) is 1. The first-order valence-corrected chi connectivity index (χ1v) is 8.10. The van der Waals surface area contributed by atoms with E-state index in [2.05, 4.69) is 35.4 Å². The normalized spacial score (nSPS) is 16.7. The van der Waals surface area contributed by atoms with Gasteiger partial charge in [0.1, 0.15) is 0 Å². The molecule has 0 radical (unpaired) electrons. The van der Waals surface area contributed by atoms with Crippen LogP contribution in [0, 0.1) is 6.92 Å². The summed E-state index contributed by atoms with van der Waals surface area (Å²) in [5.74, 6) is 0.152. The molecule has 1 N–H and O–H groups in total. The second kappa shape index (κ2) is 6.35. The second-order valence-corrected chi connectivity index (χ2v) is 6.61. The average Bonchev–Trinajstić information content (AvgIpc) is 3.11. The van der Waals surface area contributed by atoms with Crippen LogP contribution < -0.4 is 5.32 Å². The second-order valence-electron chi connectivity index (χ2n) is 5.37. The summed E-state index contributed by atoms with van der Waals surface area (Å²) in [4.78, 5) is 17.5. The summed E-state index contributed by atoms with van der Waals surface area (Å²) in [5, 5.41) is 3.07. The molecule has 0 unspecified atom stereocenters. The van der Waals surface area contributed by atoms with Crippen molar-refractivity contribution in [3.05, 3.63) is 48.0 Å². The molecule has 2 heterocycles. The first kappa shape index (κ1) is 14.2. The maximum atomic E-state index is 12.2. The number of carbonyl (C=O) groups excluding carboxylic acids is 1. The number of aromatic nitrogens is 2. The van der Waals surface area contributed by atoms with Gasteiger partial charge in [0.25, 0.3) is 0 Å². The summed E-state index contributed by atoms with van der Waals surface area (Å²) >= 11 is 1.69. The van der Waals surface area contributed by atoms with Crippen LogP contribution in [0.2, 0.25) is 0 Å². The maximum absolute atomic E-state index is 12.2. The first-order valence-electron chi connectivity index (χ1n) is 7.22. The zero-order valence-corrected chi connectivity index (χ0v) is 12.9. The number of imidazole rings is 1. The van der Waals surface area contributed by atoms with Crippen LogP contribution in [0.15, 0.2) is 41.8 Å². The van der Waals surface area contributed by atoms with Crippen molar-refractivity contribution >= 4 is 17.7 Å². The van der Waals surface area contributed by atoms with E-state index < -0.39 is 0 Å². The van der Waals surface area contributed by atoms with Crippen LogP contribution in [0.5, 0.6) is 0 Å². The van der Waals surface area contributed by atoms with Gasteiger partial charge in [-0.1, -0.05) is 17.7 Å². The van der Waals surface area contributed by atoms with Crippen molar-refractivity contribution in [2.75, 3.05) is 6.54 Å². The van der Waals surface area contributed by atoms with E-state index in [0.717, 1.165) is 19.4 Å². The summed E-state index contributed by atoms with van der Waals surface area (Å²) in [6, 6.07) is 6.43. The van der Waals surface area contributed by atoms with Crippen molar-refractivity contribution in [3.8, 4) is 0 Å². The van der Waals surface area contributed by atoms with E-state index in [4.69, 9.17) is 0 Å². The van der Waals surface area contributed by atoms with Crippen molar-refractivity contribution in [2.45, 2.75) is 36.5 Å². The van der Waals surface area contributed by atoms with Gasteiger partial charge in [0.2, 0.25) is 5.91 Å². The molecule has 1 aliphatic rings. The van der Waals surface area contributed by atoms with Crippen molar-refractivity contribution in [1.82, 2.24) is 14.9 Å². The third-order valence-corrected chi connectivity index (χ3v) is 4.94. The Labute approximate surface area is 129 Å². The van der Waals surface area contributed by atoms with Gasteiger partial charge in [0, 0.05) is 30.4 Å². The highest BCUT2D eigenvalue weighted by Crippen LogP contribution is 2.37. The molecular formula is C16H19N3OS. The fourth-order valence-corrected chi connectivity index (χ4v) is 3.80. The van der Waals surface area contributed by atoms with Crippen LogP contribution in [-0.2, 0) is 17.8 Å². The molecule has 4 nitrogen and oxygen atoms in total. The molecule has 1 aliphatic heterocycles. The molecule has 1 atom stereocenters. The van der Waals surface area contributed by atoms with E-state index in [1.165, 1.54) is 16.0 Å². The number of hydrogen-bond acceptors (Lipinski definition) is 3. The van der Waals surface area contributed by atoms with Crippen LogP contribution in [0.3, 0.4) is 0 Å². The molecule has 3 rings (SSSR count). The molecule has 0 fully saturated rings. The van der Waals surface area contributed by atoms with Gasteiger partial charge in [-0.15, -0.1) is 11.8 Å². The Morgan fingerprint density at radius 3 is 3.24 bits per heavy atom. The van der Waals surface area contributed by atoms with E-state index in [0.29, 0.717) is 6.54 Å². The molecular weight excluding hydrogens is 282 g/mol. The number of aryl methyl sites for hydroxylation is 2. The van der Waals surface area contributed by atoms with Gasteiger partial charge in [-0.25, -0.2) is 4.98 Å². The predicted octanol–water partition coefficient (Wildman–Crippen LogP) is 2.41. The molecule has 21 heavy (non-hydrogen) atoms. The molecule has 0 saturated heterocycles. The van der Waals surface area contributed by atoms with Crippen molar-refractivity contribution in [2.24, 2.45) is 0 Å². The number of amides is 1. The van der Waals surface area contributed by atoms with Crippen LogP contribution >= 0.6 is 11.8 Å². The Kier molecular flexibility index (Phi) is 4.29. The molecule has 110 valence electrons. The lowest BCUT2D eigenvalue weighted by Gasteiger charge is -2.10. The zero-order chi connectivity index (χ0) is 14.7. The molecule has 0 aliphatic carbocycles. The van der Waals surface area contributed by atoms with Gasteiger partial charge in [-0.05, 0) is 31.4 Å². The lowest BCUT2D eigenvalue weighted by Crippen LogP contribution is -2.33. The van der Waals surface area contributed by atoms with Crippen LogP contribution in [0.25, 0.3) is 0 Å². The number of nitrogens with one attached hydrogen (secondary N) is 1. The number of nitrogens with zero attached hydrogens (tertiary/aromatic N) is 2. The molecule has 2 aromatic rings. The number of fused-ring (bicyclic) bond motifs is 1. The highest BCUT2D eigenvalue weighted by atomic mass is 32.2. The molecule has 0 bridgehead atoms. The monoisotopic (exact) mass is 301 g/mol. The van der Waals surface area contributed by atoms with Crippen molar-refractivity contribution in [3.63, 3.8) is 0 Å². The molecule has 1 aromatic carbocycles. The van der Waals surface area contributed by atoms with Gasteiger partial charge < -0.3 is 9.88 Å². The SMILES string of the molecule is Cc1ccc2c(c1)S[C@@H](C(=O)NCCCn1ccnc1)C2. The third kappa shape index (κ3) is 3.47. The Hall–Kier alpha value is -1.75. The van der Waals surface area contributed by atoms with Gasteiger partial charge in [-0.3, -0.25) is 4.79 Å². The number of carbonyl (C=O) groups is 1. The number of rotatable bonds is 5. The van der Waals surface area contributed by atoms with E-state index in [-0.39, 0.29) is 11.2 Å². The average molecular weight is 301 g/mol. The molecule has 0 spiro atoms. The Morgan fingerprint density at radius 2 is 2.43 bits per heavy atom. The topological polar surface area (TPSA) is 46.9 Å². The van der Waals surface area contributed by atoms with E-state index in [1.54, 1.807) is 24.3 Å². The Balaban J connectivity index is 1.45. The fourth-order valence-electron chi connectivity index (χ4n) is 2.49. The largest absolute Gasteiger partial charge is 0.355 e. The minimum absolute atomic E-state index is 0.0232. The van der Waals surface area contributed by atoms with Crippen molar-refractivity contribution < 1.29 is 4.79 Å². The van der Waals surface area contributed by atoms with E-state index >= 15 is 0 Å². The molecule has 1 amide bonds.